The van der Waals surface area contributed by atoms with Crippen LogP contribution in [0.15, 0.2) is 29.2 Å². The zero-order chi connectivity index (χ0) is 42.9. The van der Waals surface area contributed by atoms with Crippen molar-refractivity contribution in [3.8, 4) is 0 Å². The topological polar surface area (TPSA) is 192 Å². The summed E-state index contributed by atoms with van der Waals surface area (Å²) in [7, 11) is 0.685. The quantitative estimate of drug-likeness (QED) is 0.167. The van der Waals surface area contributed by atoms with Crippen molar-refractivity contribution >= 4 is 45.0 Å². The molecule has 0 unspecified atom stereocenters. The Morgan fingerprint density at radius 2 is 1.55 bits per heavy atom. The van der Waals surface area contributed by atoms with Crippen LogP contribution >= 0.6 is 0 Å². The molecule has 3 N–H and O–H groups in total. The maximum atomic E-state index is 14.3. The van der Waals surface area contributed by atoms with Crippen molar-refractivity contribution in [1.82, 2.24) is 15.1 Å². The van der Waals surface area contributed by atoms with Crippen molar-refractivity contribution in [2.75, 3.05) is 39.3 Å². The smallest absolute Gasteiger partial charge is 0.408 e. The van der Waals surface area contributed by atoms with Crippen LogP contribution in [0.3, 0.4) is 0 Å². The number of alkyl carbamates (subject to hydrolysis) is 1. The first kappa shape index (κ1) is 48.6. The molecule has 1 saturated heterocycles. The summed E-state index contributed by atoms with van der Waals surface area (Å²) < 4.78 is 43.3. The molecule has 1 aromatic rings. The Morgan fingerprint density at radius 3 is 2.05 bits per heavy atom. The normalized spacial score (nSPS) is 18.4. The maximum Gasteiger partial charge on any atom is 0.408 e. The molecule has 7 atom stereocenters. The van der Waals surface area contributed by atoms with E-state index in [1.165, 1.54) is 38.5 Å². The Kier molecular flexibility index (Phi) is 17.5. The number of anilines is 1. The Labute approximate surface area is 334 Å². The van der Waals surface area contributed by atoms with E-state index in [1.54, 1.807) is 58.4 Å². The highest BCUT2D eigenvalue weighted by Crippen LogP contribution is 2.31. The van der Waals surface area contributed by atoms with Gasteiger partial charge in [0.1, 0.15) is 11.4 Å². The number of ether oxygens (including phenoxy) is 3. The van der Waals surface area contributed by atoms with Crippen molar-refractivity contribution < 1.29 is 46.6 Å². The predicted molar refractivity (Wildman–Crippen MR) is 215 cm³/mol. The van der Waals surface area contributed by atoms with E-state index in [9.17, 15) is 32.4 Å². The zero-order valence-corrected chi connectivity index (χ0v) is 36.7. The van der Waals surface area contributed by atoms with E-state index in [0.717, 1.165) is 0 Å². The van der Waals surface area contributed by atoms with Gasteiger partial charge in [0.25, 0.3) is 0 Å². The average Bonchev–Trinajstić information content (AvgIpc) is 3.58. The van der Waals surface area contributed by atoms with Gasteiger partial charge < -0.3 is 35.1 Å². The lowest BCUT2D eigenvalue weighted by Crippen LogP contribution is -2.55. The van der Waals surface area contributed by atoms with Gasteiger partial charge in [0, 0.05) is 51.8 Å². The Balaban J connectivity index is 2.28. The van der Waals surface area contributed by atoms with Crippen LogP contribution in [0.25, 0.3) is 0 Å². The maximum absolute atomic E-state index is 14.3. The van der Waals surface area contributed by atoms with Crippen LogP contribution in [0.1, 0.15) is 101 Å². The van der Waals surface area contributed by atoms with E-state index < -0.39 is 74.7 Å². The number of sulfone groups is 1. The van der Waals surface area contributed by atoms with Crippen molar-refractivity contribution in [3.05, 3.63) is 24.3 Å². The summed E-state index contributed by atoms with van der Waals surface area (Å²) in [4.78, 5) is 71.3. The lowest BCUT2D eigenvalue weighted by molar-refractivity contribution is -0.149. The van der Waals surface area contributed by atoms with Crippen molar-refractivity contribution in [2.24, 2.45) is 23.7 Å². The van der Waals surface area contributed by atoms with Gasteiger partial charge >= 0.3 is 6.09 Å². The molecule has 2 rings (SSSR count). The van der Waals surface area contributed by atoms with Gasteiger partial charge in [-0.05, 0) is 83.6 Å². The number of nitrogen functional groups attached to an aromatic ring is 1. The Hall–Kier alpha value is -3.56. The Morgan fingerprint density at radius 1 is 0.964 bits per heavy atom. The highest BCUT2D eigenvalue weighted by Gasteiger charge is 2.44. The second kappa shape index (κ2) is 20.2. The molecule has 14 nitrogen and oxygen atoms in total. The number of methoxy groups -OCH3 is 2. The van der Waals surface area contributed by atoms with Crippen LogP contribution in [0.5, 0.6) is 0 Å². The summed E-state index contributed by atoms with van der Waals surface area (Å²) >= 11 is 0. The highest BCUT2D eigenvalue weighted by molar-refractivity contribution is 7.92. The molecular weight excluding hydrogens is 741 g/mol. The van der Waals surface area contributed by atoms with Gasteiger partial charge in [-0.2, -0.15) is 0 Å². The summed E-state index contributed by atoms with van der Waals surface area (Å²) in [6, 6.07) is 4.64. The Bertz CT molecular complexity index is 1620. The number of carbonyl (C=O) groups is 5. The van der Waals surface area contributed by atoms with E-state index >= 15 is 0 Å². The number of amides is 3. The van der Waals surface area contributed by atoms with Gasteiger partial charge in [-0.15, -0.1) is 0 Å². The minimum atomic E-state index is -3.94. The lowest BCUT2D eigenvalue weighted by atomic mass is 9.83. The second-order valence-corrected chi connectivity index (χ2v) is 19.1. The third-order valence-electron chi connectivity index (χ3n) is 11.0. The van der Waals surface area contributed by atoms with Crippen LogP contribution in [0.4, 0.5) is 10.5 Å². The summed E-state index contributed by atoms with van der Waals surface area (Å²) in [5.74, 6) is -3.98. The monoisotopic (exact) mass is 808 g/mol. The second-order valence-electron chi connectivity index (χ2n) is 17.1. The first-order valence-corrected chi connectivity index (χ1v) is 21.2. The fraction of sp³-hybridized carbons (Fsp3) is 0.732. The molecule has 0 radical (unpaired) electrons. The minimum Gasteiger partial charge on any atom is -0.444 e. The number of hydrogen-bond acceptors (Lipinski definition) is 11. The molecule has 318 valence electrons. The van der Waals surface area contributed by atoms with Gasteiger partial charge in [-0.3, -0.25) is 19.2 Å². The molecule has 0 aromatic heterocycles. The highest BCUT2D eigenvalue weighted by atomic mass is 32.2. The minimum absolute atomic E-state index is 0.00540. The van der Waals surface area contributed by atoms with Crippen LogP contribution in [-0.4, -0.2) is 117 Å². The first-order chi connectivity index (χ1) is 25.8. The standard InChI is InChI=1S/C41H68N4O10S/c1-14-26(4)36(44(11)38(49)30(25(2)3)22-34(47)41(9,10)43-39(50)55-40(6,7)8)33(53-12)23-35(48)45-21-15-16-31(45)37(54-13)27(5)32(46)24-56(51,52)29-19-17-28(42)18-20-29/h17-20,25-27,30-31,33,36-37H,14-16,21-24,42H2,1-13H3,(H,43,50)/t26-,27-,30-,31-,33+,36-,37+/m0/s1. The molecule has 0 bridgehead atoms. The number of rotatable bonds is 20. The molecule has 15 heteroatoms. The number of nitrogens with two attached hydrogens (primary N) is 1. The fourth-order valence-electron chi connectivity index (χ4n) is 7.37. The van der Waals surface area contributed by atoms with Gasteiger partial charge in [0.05, 0.1) is 41.1 Å². The van der Waals surface area contributed by atoms with Crippen LogP contribution < -0.4 is 11.1 Å². The van der Waals surface area contributed by atoms with Crippen molar-refractivity contribution in [2.45, 2.75) is 142 Å². The zero-order valence-electron chi connectivity index (χ0n) is 35.8. The summed E-state index contributed by atoms with van der Waals surface area (Å²) in [6.07, 6.45) is -0.510. The predicted octanol–water partition coefficient (Wildman–Crippen LogP) is 5.07. The number of likely N-dealkylation sites (tertiary alicyclic amines) is 1. The summed E-state index contributed by atoms with van der Waals surface area (Å²) in [5, 5.41) is 2.64. The summed E-state index contributed by atoms with van der Waals surface area (Å²) in [6.45, 7) is 18.1. The molecular formula is C41H68N4O10S. The number of nitrogens with one attached hydrogen (secondary N) is 1. The molecule has 0 spiro atoms. The van der Waals surface area contributed by atoms with Gasteiger partial charge in [0.2, 0.25) is 11.8 Å². The van der Waals surface area contributed by atoms with Crippen LogP contribution in [0, 0.1) is 23.7 Å². The van der Waals surface area contributed by atoms with E-state index in [1.807, 2.05) is 27.7 Å². The molecule has 1 aliphatic rings. The number of Topliss-reactive ketones (excluding diaryl/α,β-unsaturated/α-hetero) is 2. The van der Waals surface area contributed by atoms with Gasteiger partial charge in [-0.1, -0.05) is 41.0 Å². The number of likely N-dealkylation sites (N-methyl/N-ethyl adjacent to an activating group) is 1. The molecule has 1 aromatic carbocycles. The summed E-state index contributed by atoms with van der Waals surface area (Å²) in [5.41, 5.74) is 4.05. The number of nitrogens with zero attached hydrogens (tertiary/aromatic N) is 2. The molecule has 0 aliphatic carbocycles. The fourth-order valence-corrected chi connectivity index (χ4v) is 8.73. The number of ketones is 2. The molecule has 1 fully saturated rings. The molecule has 1 heterocycles. The average molecular weight is 809 g/mol. The lowest BCUT2D eigenvalue weighted by Gasteiger charge is -2.41. The third-order valence-corrected chi connectivity index (χ3v) is 12.6. The van der Waals surface area contributed by atoms with Gasteiger partial charge in [0.15, 0.2) is 21.4 Å². The van der Waals surface area contributed by atoms with Crippen LogP contribution in [0.2, 0.25) is 0 Å². The number of benzene rings is 1. The van der Waals surface area contributed by atoms with E-state index in [-0.39, 0.29) is 47.2 Å². The third kappa shape index (κ3) is 13.0. The largest absolute Gasteiger partial charge is 0.444 e. The van der Waals surface area contributed by atoms with Gasteiger partial charge in [-0.25, -0.2) is 13.2 Å². The van der Waals surface area contributed by atoms with Crippen molar-refractivity contribution in [1.29, 1.82) is 0 Å². The number of carbonyl (C=O) groups excluding carboxylic acids is 5. The van der Waals surface area contributed by atoms with Crippen molar-refractivity contribution in [3.63, 3.8) is 0 Å². The molecule has 1 aliphatic heterocycles. The molecule has 0 saturated carbocycles. The SMILES string of the molecule is CC[C@H](C)[C@@H]([C@@H](CC(=O)N1CCC[C@H]1[C@H](OC)[C@@H](C)C(=O)CS(=O)(=O)c1ccc(N)cc1)OC)N(C)C(=O)[C@@H](CC(=O)C(C)(C)NC(=O)OC(C)(C)C)C(C)C. The van der Waals surface area contributed by atoms with E-state index in [0.29, 0.717) is 31.5 Å². The molecule has 56 heavy (non-hydrogen) atoms. The molecule has 3 amide bonds. The van der Waals surface area contributed by atoms with Crippen LogP contribution in [-0.2, 0) is 43.2 Å². The number of hydrogen-bond donors (Lipinski definition) is 2. The van der Waals surface area contributed by atoms with E-state index in [2.05, 4.69) is 5.32 Å². The van der Waals surface area contributed by atoms with E-state index in [4.69, 9.17) is 19.9 Å². The first-order valence-electron chi connectivity index (χ1n) is 19.6.